The van der Waals surface area contributed by atoms with E-state index in [0.29, 0.717) is 25.5 Å². The summed E-state index contributed by atoms with van der Waals surface area (Å²) in [6.07, 6.45) is 3.19. The fourth-order valence-corrected chi connectivity index (χ4v) is 2.27. The molecule has 5 nitrogen and oxygen atoms in total. The minimum absolute atomic E-state index is 0.0228. The van der Waals surface area contributed by atoms with Gasteiger partial charge in [0.2, 0.25) is 0 Å². The first-order chi connectivity index (χ1) is 9.26. The second-order valence-corrected chi connectivity index (χ2v) is 4.55. The lowest BCUT2D eigenvalue weighted by Gasteiger charge is -2.33. The zero-order valence-corrected chi connectivity index (χ0v) is 10.8. The van der Waals surface area contributed by atoms with E-state index in [4.69, 9.17) is 14.9 Å². The number of ether oxygens (including phenoxy) is 1. The third-order valence-electron chi connectivity index (χ3n) is 3.31. The Bertz CT molecular complexity index is 409. The molecule has 0 spiro atoms. The van der Waals surface area contributed by atoms with Crippen LogP contribution in [0.1, 0.15) is 18.4 Å². The maximum atomic E-state index is 14.0. The molecule has 0 amide bonds. The number of aliphatic hydroxyl groups excluding tert-OH is 2. The highest BCUT2D eigenvalue weighted by Gasteiger charge is 2.23. The van der Waals surface area contributed by atoms with Gasteiger partial charge in [0.05, 0.1) is 25.9 Å². The molecule has 0 bridgehead atoms. The molecule has 0 aliphatic carbocycles. The summed E-state index contributed by atoms with van der Waals surface area (Å²) in [5, 5.41) is 17.8. The van der Waals surface area contributed by atoms with E-state index in [-0.39, 0.29) is 24.9 Å². The summed E-state index contributed by atoms with van der Waals surface area (Å²) in [7, 11) is 0. The molecule has 1 aliphatic heterocycles. The van der Waals surface area contributed by atoms with Crippen LogP contribution in [-0.2, 0) is 11.3 Å². The van der Waals surface area contributed by atoms with Crippen LogP contribution in [0, 0.1) is 5.82 Å². The highest BCUT2D eigenvalue weighted by atomic mass is 19.1. The van der Waals surface area contributed by atoms with E-state index in [1.54, 1.807) is 0 Å². The largest absolute Gasteiger partial charge is 0.394 e. The zero-order valence-electron chi connectivity index (χ0n) is 10.8. The van der Waals surface area contributed by atoms with E-state index in [1.807, 2.05) is 4.90 Å². The Kier molecular flexibility index (Phi) is 5.07. The molecule has 6 heteroatoms. The molecule has 2 heterocycles. The van der Waals surface area contributed by atoms with Crippen LogP contribution in [0.2, 0.25) is 0 Å². The second kappa shape index (κ2) is 6.79. The Balaban J connectivity index is 1.98. The Morgan fingerprint density at radius 1 is 1.37 bits per heavy atom. The van der Waals surface area contributed by atoms with Crippen LogP contribution in [0.25, 0.3) is 0 Å². The van der Waals surface area contributed by atoms with Gasteiger partial charge in [0.1, 0.15) is 0 Å². The highest BCUT2D eigenvalue weighted by molar-refractivity contribution is 5.43. The van der Waals surface area contributed by atoms with Gasteiger partial charge in [-0.2, -0.15) is 0 Å². The Morgan fingerprint density at radius 3 is 2.74 bits per heavy atom. The maximum absolute atomic E-state index is 14.0. The van der Waals surface area contributed by atoms with Crippen molar-refractivity contribution in [2.24, 2.45) is 0 Å². The molecule has 1 fully saturated rings. The Hall–Kier alpha value is -1.24. The van der Waals surface area contributed by atoms with Crippen LogP contribution >= 0.6 is 0 Å². The quantitative estimate of drug-likeness (QED) is 0.824. The molecule has 0 saturated carbocycles. The van der Waals surface area contributed by atoms with E-state index < -0.39 is 5.82 Å². The minimum Gasteiger partial charge on any atom is -0.394 e. The van der Waals surface area contributed by atoms with Gasteiger partial charge < -0.3 is 19.8 Å². The number of piperidine rings is 1. The lowest BCUT2D eigenvalue weighted by molar-refractivity contribution is 0.0157. The van der Waals surface area contributed by atoms with E-state index in [1.165, 1.54) is 12.3 Å². The maximum Gasteiger partial charge on any atom is 0.171 e. The summed E-state index contributed by atoms with van der Waals surface area (Å²) in [4.78, 5) is 5.93. The Morgan fingerprint density at radius 2 is 2.11 bits per heavy atom. The van der Waals surface area contributed by atoms with Gasteiger partial charge >= 0.3 is 0 Å². The first-order valence-electron chi connectivity index (χ1n) is 6.48. The number of hydrogen-bond donors (Lipinski definition) is 2. The van der Waals surface area contributed by atoms with Gasteiger partial charge in [0.15, 0.2) is 11.6 Å². The number of aromatic nitrogens is 1. The third-order valence-corrected chi connectivity index (χ3v) is 3.31. The number of pyridine rings is 1. The zero-order chi connectivity index (χ0) is 13.7. The molecule has 106 valence electrons. The topological polar surface area (TPSA) is 65.8 Å². The molecular formula is C13H19FN2O3. The molecule has 0 unspecified atom stereocenters. The molecule has 0 aromatic carbocycles. The van der Waals surface area contributed by atoms with Crippen molar-refractivity contribution in [3.8, 4) is 0 Å². The molecule has 0 atom stereocenters. The SMILES string of the molecule is OCCOC1CCN(c2nccc(CO)c2F)CC1. The first kappa shape index (κ1) is 14.2. The van der Waals surface area contributed by atoms with E-state index in [9.17, 15) is 4.39 Å². The molecule has 1 aromatic heterocycles. The van der Waals surface area contributed by atoms with E-state index in [0.717, 1.165) is 12.8 Å². The van der Waals surface area contributed by atoms with Gasteiger partial charge in [-0.3, -0.25) is 0 Å². The van der Waals surface area contributed by atoms with Gasteiger partial charge in [-0.05, 0) is 18.9 Å². The van der Waals surface area contributed by atoms with Crippen molar-refractivity contribution < 1.29 is 19.3 Å². The number of hydrogen-bond acceptors (Lipinski definition) is 5. The summed E-state index contributed by atoms with van der Waals surface area (Å²) in [5.41, 5.74) is 0.267. The normalized spacial score (nSPS) is 16.9. The predicted molar refractivity (Wildman–Crippen MR) is 68.4 cm³/mol. The molecule has 2 rings (SSSR count). The average Bonchev–Trinajstić information content (AvgIpc) is 2.46. The lowest BCUT2D eigenvalue weighted by atomic mass is 10.1. The Labute approximate surface area is 111 Å². The van der Waals surface area contributed by atoms with Gasteiger partial charge in [0.25, 0.3) is 0 Å². The molecule has 0 radical (unpaired) electrons. The van der Waals surface area contributed by atoms with Gasteiger partial charge in [-0.15, -0.1) is 0 Å². The van der Waals surface area contributed by atoms with Crippen molar-refractivity contribution in [2.75, 3.05) is 31.2 Å². The van der Waals surface area contributed by atoms with Crippen molar-refractivity contribution in [1.29, 1.82) is 0 Å². The summed E-state index contributed by atoms with van der Waals surface area (Å²) >= 11 is 0. The monoisotopic (exact) mass is 270 g/mol. The van der Waals surface area contributed by atoms with Crippen LogP contribution in [0.4, 0.5) is 10.2 Å². The fraction of sp³-hybridized carbons (Fsp3) is 0.615. The number of halogens is 1. The highest BCUT2D eigenvalue weighted by Crippen LogP contribution is 2.24. The van der Waals surface area contributed by atoms with Crippen LogP contribution in [0.3, 0.4) is 0 Å². The third kappa shape index (κ3) is 3.40. The van der Waals surface area contributed by atoms with E-state index in [2.05, 4.69) is 4.98 Å². The standard InChI is InChI=1S/C13H19FN2O3/c14-12-10(9-18)1-4-15-13(12)16-5-2-11(3-6-16)19-8-7-17/h1,4,11,17-18H,2-3,5-9H2. The molecule has 1 aromatic rings. The summed E-state index contributed by atoms with van der Waals surface area (Å²) in [5.74, 6) is -0.146. The van der Waals surface area contributed by atoms with Crippen LogP contribution < -0.4 is 4.90 Å². The minimum atomic E-state index is -0.445. The van der Waals surface area contributed by atoms with Gasteiger partial charge in [-0.25, -0.2) is 9.37 Å². The van der Waals surface area contributed by atoms with Crippen molar-refractivity contribution in [3.05, 3.63) is 23.6 Å². The molecular weight excluding hydrogens is 251 g/mol. The van der Waals surface area contributed by atoms with Gasteiger partial charge in [-0.1, -0.05) is 0 Å². The molecule has 2 N–H and O–H groups in total. The summed E-state index contributed by atoms with van der Waals surface area (Å²) < 4.78 is 19.5. The molecule has 1 aliphatic rings. The summed E-state index contributed by atoms with van der Waals surface area (Å²) in [6.45, 7) is 1.37. The fourth-order valence-electron chi connectivity index (χ4n) is 2.27. The average molecular weight is 270 g/mol. The smallest absolute Gasteiger partial charge is 0.171 e. The van der Waals surface area contributed by atoms with Crippen LogP contribution in [0.5, 0.6) is 0 Å². The van der Waals surface area contributed by atoms with Crippen LogP contribution in [0.15, 0.2) is 12.3 Å². The van der Waals surface area contributed by atoms with Crippen molar-refractivity contribution in [2.45, 2.75) is 25.6 Å². The number of nitrogens with zero attached hydrogens (tertiary/aromatic N) is 2. The van der Waals surface area contributed by atoms with Crippen molar-refractivity contribution in [1.82, 2.24) is 4.98 Å². The molecule has 1 saturated heterocycles. The number of aliphatic hydroxyl groups is 2. The first-order valence-corrected chi connectivity index (χ1v) is 6.48. The number of anilines is 1. The molecule has 19 heavy (non-hydrogen) atoms. The second-order valence-electron chi connectivity index (χ2n) is 4.55. The predicted octanol–water partition coefficient (Wildman–Crippen LogP) is 0.691. The van der Waals surface area contributed by atoms with Crippen molar-refractivity contribution in [3.63, 3.8) is 0 Å². The summed E-state index contributed by atoms with van der Waals surface area (Å²) in [6, 6.07) is 1.48. The van der Waals surface area contributed by atoms with Crippen molar-refractivity contribution >= 4 is 5.82 Å². The lowest BCUT2D eigenvalue weighted by Crippen LogP contribution is -2.38. The van der Waals surface area contributed by atoms with Crippen LogP contribution in [-0.4, -0.2) is 47.6 Å². The van der Waals surface area contributed by atoms with Gasteiger partial charge in [0, 0.05) is 24.8 Å². The number of rotatable bonds is 5. The van der Waals surface area contributed by atoms with E-state index >= 15 is 0 Å².